The minimum absolute atomic E-state index is 0.0576. The number of nitrogens with two attached hydrogens (primary N) is 1. The molecule has 0 saturated heterocycles. The van der Waals surface area contributed by atoms with E-state index in [4.69, 9.17) is 15.2 Å². The molecule has 0 aliphatic carbocycles. The first-order valence-electron chi connectivity index (χ1n) is 7.12. The van der Waals surface area contributed by atoms with Crippen molar-refractivity contribution in [3.63, 3.8) is 0 Å². The summed E-state index contributed by atoms with van der Waals surface area (Å²) < 4.78 is 10.7. The number of methoxy groups -OCH3 is 2. The van der Waals surface area contributed by atoms with Crippen molar-refractivity contribution >= 4 is 11.5 Å². The van der Waals surface area contributed by atoms with E-state index in [2.05, 4.69) is 5.10 Å². The molecule has 22 heavy (non-hydrogen) atoms. The average molecular weight is 297 g/mol. The fourth-order valence-electron chi connectivity index (χ4n) is 2.67. The van der Waals surface area contributed by atoms with Gasteiger partial charge < -0.3 is 15.2 Å². The summed E-state index contributed by atoms with van der Waals surface area (Å²) in [5.74, 6) is 2.05. The second-order valence-electron chi connectivity index (χ2n) is 5.11. The van der Waals surface area contributed by atoms with Crippen LogP contribution in [-0.2, 0) is 0 Å². The molecule has 0 fully saturated rings. The van der Waals surface area contributed by atoms with Crippen LogP contribution < -0.4 is 20.2 Å². The van der Waals surface area contributed by atoms with Crippen molar-refractivity contribution in [2.24, 2.45) is 10.8 Å². The SMILES string of the molecule is COc1ccc(C2CC(N)=NN2c2ccccc2)cc1OC. The van der Waals surface area contributed by atoms with Crippen LogP contribution in [0.3, 0.4) is 0 Å². The Balaban J connectivity index is 1.97. The third kappa shape index (κ3) is 2.57. The summed E-state index contributed by atoms with van der Waals surface area (Å²) >= 11 is 0. The molecular formula is C17H19N3O2. The van der Waals surface area contributed by atoms with E-state index in [-0.39, 0.29) is 6.04 Å². The summed E-state index contributed by atoms with van der Waals surface area (Å²) in [6.45, 7) is 0. The van der Waals surface area contributed by atoms with Gasteiger partial charge in [-0.3, -0.25) is 5.01 Å². The predicted molar refractivity (Wildman–Crippen MR) is 87.4 cm³/mol. The Bertz CT molecular complexity index is 686. The summed E-state index contributed by atoms with van der Waals surface area (Å²) in [4.78, 5) is 0. The van der Waals surface area contributed by atoms with Crippen LogP contribution in [0.1, 0.15) is 18.0 Å². The van der Waals surface area contributed by atoms with E-state index < -0.39 is 0 Å². The smallest absolute Gasteiger partial charge is 0.161 e. The molecule has 5 heteroatoms. The highest BCUT2D eigenvalue weighted by atomic mass is 16.5. The Kier molecular flexibility index (Phi) is 3.87. The summed E-state index contributed by atoms with van der Waals surface area (Å²) in [5, 5.41) is 6.43. The second kappa shape index (κ2) is 5.97. The maximum atomic E-state index is 5.97. The number of amidine groups is 1. The van der Waals surface area contributed by atoms with Crippen molar-refractivity contribution in [1.82, 2.24) is 0 Å². The molecule has 3 rings (SSSR count). The van der Waals surface area contributed by atoms with Crippen LogP contribution in [0, 0.1) is 0 Å². The number of para-hydroxylation sites is 1. The monoisotopic (exact) mass is 297 g/mol. The molecule has 0 radical (unpaired) electrons. The lowest BCUT2D eigenvalue weighted by atomic mass is 10.0. The molecule has 0 bridgehead atoms. The molecule has 0 saturated carbocycles. The molecule has 2 N–H and O–H groups in total. The normalized spacial score (nSPS) is 17.3. The van der Waals surface area contributed by atoms with E-state index in [9.17, 15) is 0 Å². The van der Waals surface area contributed by atoms with Crippen molar-refractivity contribution in [3.8, 4) is 11.5 Å². The first kappa shape index (κ1) is 14.3. The minimum atomic E-state index is 0.0576. The van der Waals surface area contributed by atoms with Gasteiger partial charge in [0.05, 0.1) is 25.9 Å². The van der Waals surface area contributed by atoms with Crippen LogP contribution in [0.2, 0.25) is 0 Å². The number of hydrazone groups is 1. The molecule has 1 atom stereocenters. The third-order valence-electron chi connectivity index (χ3n) is 3.75. The van der Waals surface area contributed by atoms with Crippen molar-refractivity contribution < 1.29 is 9.47 Å². The van der Waals surface area contributed by atoms with Crippen LogP contribution >= 0.6 is 0 Å². The Labute approximate surface area is 129 Å². The zero-order valence-corrected chi connectivity index (χ0v) is 12.7. The Morgan fingerprint density at radius 3 is 2.45 bits per heavy atom. The lowest BCUT2D eigenvalue weighted by Crippen LogP contribution is -2.18. The van der Waals surface area contributed by atoms with E-state index in [1.807, 2.05) is 53.5 Å². The number of hydrogen-bond donors (Lipinski definition) is 1. The third-order valence-corrected chi connectivity index (χ3v) is 3.75. The fourth-order valence-corrected chi connectivity index (χ4v) is 2.67. The maximum absolute atomic E-state index is 5.97. The molecule has 1 heterocycles. The summed E-state index contributed by atoms with van der Waals surface area (Å²) in [6.07, 6.45) is 0.685. The number of rotatable bonds is 4. The number of benzene rings is 2. The molecule has 0 amide bonds. The highest BCUT2D eigenvalue weighted by Crippen LogP contribution is 2.37. The van der Waals surface area contributed by atoms with E-state index in [0.717, 1.165) is 11.3 Å². The van der Waals surface area contributed by atoms with Gasteiger partial charge in [0.2, 0.25) is 0 Å². The molecule has 114 valence electrons. The molecule has 2 aromatic rings. The van der Waals surface area contributed by atoms with Gasteiger partial charge >= 0.3 is 0 Å². The molecule has 0 aromatic heterocycles. The quantitative estimate of drug-likeness (QED) is 0.942. The molecule has 1 aliphatic heterocycles. The lowest BCUT2D eigenvalue weighted by molar-refractivity contribution is 0.354. The van der Waals surface area contributed by atoms with Crippen molar-refractivity contribution in [2.45, 2.75) is 12.5 Å². The fraction of sp³-hybridized carbons (Fsp3) is 0.235. The number of hydrogen-bond acceptors (Lipinski definition) is 5. The highest BCUT2D eigenvalue weighted by molar-refractivity contribution is 5.85. The number of anilines is 1. The van der Waals surface area contributed by atoms with Crippen LogP contribution in [0.4, 0.5) is 5.69 Å². The zero-order valence-electron chi connectivity index (χ0n) is 12.7. The van der Waals surface area contributed by atoms with Gasteiger partial charge in [-0.15, -0.1) is 0 Å². The average Bonchev–Trinajstić information content (AvgIpc) is 2.97. The molecule has 0 spiro atoms. The molecular weight excluding hydrogens is 278 g/mol. The van der Waals surface area contributed by atoms with Gasteiger partial charge in [-0.1, -0.05) is 24.3 Å². The van der Waals surface area contributed by atoms with E-state index in [1.165, 1.54) is 0 Å². The first-order valence-corrected chi connectivity index (χ1v) is 7.12. The topological polar surface area (TPSA) is 60.1 Å². The van der Waals surface area contributed by atoms with E-state index >= 15 is 0 Å². The van der Waals surface area contributed by atoms with Gasteiger partial charge in [0.25, 0.3) is 0 Å². The number of ether oxygens (including phenoxy) is 2. The second-order valence-corrected chi connectivity index (χ2v) is 5.11. The maximum Gasteiger partial charge on any atom is 0.161 e. The van der Waals surface area contributed by atoms with Gasteiger partial charge in [-0.25, -0.2) is 0 Å². The van der Waals surface area contributed by atoms with Gasteiger partial charge in [0, 0.05) is 6.42 Å². The molecule has 1 unspecified atom stereocenters. The van der Waals surface area contributed by atoms with Gasteiger partial charge in [-0.05, 0) is 29.8 Å². The Morgan fingerprint density at radius 2 is 1.77 bits per heavy atom. The lowest BCUT2D eigenvalue weighted by Gasteiger charge is -2.24. The molecule has 5 nitrogen and oxygen atoms in total. The Morgan fingerprint density at radius 1 is 1.05 bits per heavy atom. The standard InChI is InChI=1S/C17H19N3O2/c1-21-15-9-8-12(10-16(15)22-2)14-11-17(18)19-20(14)13-6-4-3-5-7-13/h3-10,14H,11H2,1-2H3,(H2,18,19). The van der Waals surface area contributed by atoms with Crippen LogP contribution in [0.5, 0.6) is 11.5 Å². The molecule has 1 aliphatic rings. The van der Waals surface area contributed by atoms with Crippen molar-refractivity contribution in [3.05, 3.63) is 54.1 Å². The van der Waals surface area contributed by atoms with Gasteiger partial charge in [0.15, 0.2) is 11.5 Å². The predicted octanol–water partition coefficient (Wildman–Crippen LogP) is 2.93. The van der Waals surface area contributed by atoms with Crippen LogP contribution in [0.25, 0.3) is 0 Å². The molecule has 2 aromatic carbocycles. The summed E-state index contributed by atoms with van der Waals surface area (Å²) in [6, 6.07) is 16.0. The first-order chi connectivity index (χ1) is 10.7. The van der Waals surface area contributed by atoms with Gasteiger partial charge in [-0.2, -0.15) is 5.10 Å². The van der Waals surface area contributed by atoms with Crippen LogP contribution in [0.15, 0.2) is 53.6 Å². The summed E-state index contributed by atoms with van der Waals surface area (Å²) in [5.41, 5.74) is 8.07. The number of nitrogens with zero attached hydrogens (tertiary/aromatic N) is 2. The van der Waals surface area contributed by atoms with Crippen molar-refractivity contribution in [1.29, 1.82) is 0 Å². The largest absolute Gasteiger partial charge is 0.493 e. The Hall–Kier alpha value is -2.69. The zero-order chi connectivity index (χ0) is 15.5. The van der Waals surface area contributed by atoms with Crippen molar-refractivity contribution in [2.75, 3.05) is 19.2 Å². The van der Waals surface area contributed by atoms with E-state index in [1.54, 1.807) is 14.2 Å². The van der Waals surface area contributed by atoms with Crippen LogP contribution in [-0.4, -0.2) is 20.1 Å². The highest BCUT2D eigenvalue weighted by Gasteiger charge is 2.28. The summed E-state index contributed by atoms with van der Waals surface area (Å²) in [7, 11) is 3.26. The van der Waals surface area contributed by atoms with Gasteiger partial charge in [0.1, 0.15) is 5.84 Å². The minimum Gasteiger partial charge on any atom is -0.493 e. The van der Waals surface area contributed by atoms with E-state index in [0.29, 0.717) is 23.8 Å².